The standard InChI is InChI=1S/C15H21N5O/c1-2-3-4-13(10-16)19-15(21)12-5-6-18-14(9-12)20-8-7-17-11-20/h5-9,11,13H,2-4,10,16H2,1H3,(H,19,21). The number of pyridine rings is 1. The first kappa shape index (κ1) is 15.2. The third-order valence-electron chi connectivity index (χ3n) is 3.30. The molecule has 0 bridgehead atoms. The van der Waals surface area contributed by atoms with E-state index in [1.165, 1.54) is 0 Å². The summed E-state index contributed by atoms with van der Waals surface area (Å²) in [4.78, 5) is 20.5. The minimum absolute atomic E-state index is 0.0160. The van der Waals surface area contributed by atoms with Gasteiger partial charge in [-0.2, -0.15) is 0 Å². The van der Waals surface area contributed by atoms with Crippen LogP contribution in [0.2, 0.25) is 0 Å². The molecule has 0 fully saturated rings. The highest BCUT2D eigenvalue weighted by Crippen LogP contribution is 2.08. The smallest absolute Gasteiger partial charge is 0.251 e. The van der Waals surface area contributed by atoms with Crippen LogP contribution in [0, 0.1) is 0 Å². The maximum atomic E-state index is 12.3. The summed E-state index contributed by atoms with van der Waals surface area (Å²) in [7, 11) is 0. The van der Waals surface area contributed by atoms with Crippen molar-refractivity contribution in [3.8, 4) is 5.82 Å². The molecule has 0 radical (unpaired) electrons. The number of rotatable bonds is 7. The summed E-state index contributed by atoms with van der Waals surface area (Å²) >= 11 is 0. The van der Waals surface area contributed by atoms with E-state index in [0.717, 1.165) is 19.3 Å². The van der Waals surface area contributed by atoms with Crippen molar-refractivity contribution >= 4 is 5.91 Å². The third kappa shape index (κ3) is 4.13. The normalized spacial score (nSPS) is 12.1. The topological polar surface area (TPSA) is 85.8 Å². The fourth-order valence-corrected chi connectivity index (χ4v) is 2.06. The summed E-state index contributed by atoms with van der Waals surface area (Å²) in [5.74, 6) is 0.545. The lowest BCUT2D eigenvalue weighted by atomic mass is 10.1. The molecule has 0 saturated heterocycles. The molecule has 2 heterocycles. The lowest BCUT2D eigenvalue weighted by Gasteiger charge is -2.16. The van der Waals surface area contributed by atoms with Crippen LogP contribution in [0.3, 0.4) is 0 Å². The Morgan fingerprint density at radius 1 is 1.48 bits per heavy atom. The van der Waals surface area contributed by atoms with Gasteiger partial charge in [0.2, 0.25) is 0 Å². The quantitative estimate of drug-likeness (QED) is 0.808. The Bertz CT molecular complexity index is 567. The summed E-state index contributed by atoms with van der Waals surface area (Å²) in [6, 6.07) is 3.45. The number of hydrogen-bond donors (Lipinski definition) is 2. The predicted molar refractivity (Wildman–Crippen MR) is 81.2 cm³/mol. The van der Waals surface area contributed by atoms with Gasteiger partial charge in [-0.05, 0) is 18.6 Å². The number of aromatic nitrogens is 3. The molecular weight excluding hydrogens is 266 g/mol. The van der Waals surface area contributed by atoms with E-state index in [9.17, 15) is 4.79 Å². The molecule has 1 amide bonds. The number of nitrogens with two attached hydrogens (primary N) is 1. The molecule has 0 aliphatic heterocycles. The predicted octanol–water partition coefficient (Wildman–Crippen LogP) is 1.51. The van der Waals surface area contributed by atoms with Gasteiger partial charge in [0.05, 0.1) is 0 Å². The van der Waals surface area contributed by atoms with Crippen LogP contribution in [-0.4, -0.2) is 33.0 Å². The third-order valence-corrected chi connectivity index (χ3v) is 3.30. The zero-order chi connectivity index (χ0) is 15.1. The molecule has 2 aromatic heterocycles. The van der Waals surface area contributed by atoms with Gasteiger partial charge in [0.15, 0.2) is 0 Å². The van der Waals surface area contributed by atoms with Crippen LogP contribution in [0.4, 0.5) is 0 Å². The second-order valence-electron chi connectivity index (χ2n) is 4.92. The number of imidazole rings is 1. The van der Waals surface area contributed by atoms with Crippen molar-refractivity contribution in [1.29, 1.82) is 0 Å². The molecule has 2 rings (SSSR count). The molecule has 0 spiro atoms. The van der Waals surface area contributed by atoms with Gasteiger partial charge in [0, 0.05) is 36.7 Å². The fraction of sp³-hybridized carbons (Fsp3) is 0.400. The van der Waals surface area contributed by atoms with Crippen molar-refractivity contribution in [2.45, 2.75) is 32.2 Å². The van der Waals surface area contributed by atoms with Gasteiger partial charge in [-0.25, -0.2) is 9.97 Å². The highest BCUT2D eigenvalue weighted by molar-refractivity contribution is 5.94. The van der Waals surface area contributed by atoms with E-state index >= 15 is 0 Å². The van der Waals surface area contributed by atoms with Gasteiger partial charge < -0.3 is 11.1 Å². The second-order valence-corrected chi connectivity index (χ2v) is 4.92. The molecule has 112 valence electrons. The van der Waals surface area contributed by atoms with E-state index in [1.807, 2.05) is 0 Å². The first-order valence-corrected chi connectivity index (χ1v) is 7.20. The van der Waals surface area contributed by atoms with Gasteiger partial charge in [0.25, 0.3) is 5.91 Å². The van der Waals surface area contributed by atoms with Gasteiger partial charge >= 0.3 is 0 Å². The minimum atomic E-state index is -0.120. The highest BCUT2D eigenvalue weighted by atomic mass is 16.1. The molecule has 2 aromatic rings. The monoisotopic (exact) mass is 287 g/mol. The Balaban J connectivity index is 2.07. The van der Waals surface area contributed by atoms with Crippen LogP contribution in [-0.2, 0) is 0 Å². The van der Waals surface area contributed by atoms with Crippen molar-refractivity contribution < 1.29 is 4.79 Å². The first-order valence-electron chi connectivity index (χ1n) is 7.20. The maximum absolute atomic E-state index is 12.3. The molecule has 0 aliphatic carbocycles. The van der Waals surface area contributed by atoms with Gasteiger partial charge in [-0.1, -0.05) is 19.8 Å². The van der Waals surface area contributed by atoms with Gasteiger partial charge in [0.1, 0.15) is 12.1 Å². The Labute approximate surface area is 124 Å². The van der Waals surface area contributed by atoms with E-state index in [2.05, 4.69) is 22.2 Å². The average Bonchev–Trinajstić information content (AvgIpc) is 3.05. The number of unbranched alkanes of at least 4 members (excludes halogenated alkanes) is 1. The van der Waals surface area contributed by atoms with E-state index in [1.54, 1.807) is 41.6 Å². The van der Waals surface area contributed by atoms with Crippen LogP contribution >= 0.6 is 0 Å². The van der Waals surface area contributed by atoms with Gasteiger partial charge in [-0.3, -0.25) is 9.36 Å². The van der Waals surface area contributed by atoms with Crippen LogP contribution in [0.1, 0.15) is 36.5 Å². The summed E-state index contributed by atoms with van der Waals surface area (Å²) in [6.07, 6.45) is 9.77. The van der Waals surface area contributed by atoms with Crippen LogP contribution in [0.5, 0.6) is 0 Å². The number of nitrogens with one attached hydrogen (secondary N) is 1. The SMILES string of the molecule is CCCCC(CN)NC(=O)c1ccnc(-n2ccnc2)c1. The van der Waals surface area contributed by atoms with Crippen molar-refractivity contribution in [2.24, 2.45) is 5.73 Å². The lowest BCUT2D eigenvalue weighted by Crippen LogP contribution is -2.40. The molecular formula is C15H21N5O. The molecule has 21 heavy (non-hydrogen) atoms. The summed E-state index contributed by atoms with van der Waals surface area (Å²) in [5.41, 5.74) is 6.28. The van der Waals surface area contributed by atoms with Crippen molar-refractivity contribution in [2.75, 3.05) is 6.54 Å². The molecule has 0 aliphatic rings. The van der Waals surface area contributed by atoms with Crippen LogP contribution in [0.25, 0.3) is 5.82 Å². The number of carbonyl (C=O) groups excluding carboxylic acids is 1. The average molecular weight is 287 g/mol. The Kier molecular flexibility index (Phi) is 5.45. The number of carbonyl (C=O) groups is 1. The molecule has 6 heteroatoms. The fourth-order valence-electron chi connectivity index (χ4n) is 2.06. The Hall–Kier alpha value is -2.21. The van der Waals surface area contributed by atoms with Crippen molar-refractivity contribution in [1.82, 2.24) is 19.9 Å². The largest absolute Gasteiger partial charge is 0.348 e. The van der Waals surface area contributed by atoms with E-state index in [-0.39, 0.29) is 11.9 Å². The molecule has 0 saturated carbocycles. The molecule has 3 N–H and O–H groups in total. The van der Waals surface area contributed by atoms with E-state index in [0.29, 0.717) is 17.9 Å². The number of hydrogen-bond acceptors (Lipinski definition) is 4. The molecule has 1 unspecified atom stereocenters. The van der Waals surface area contributed by atoms with Crippen molar-refractivity contribution in [3.05, 3.63) is 42.6 Å². The number of nitrogens with zero attached hydrogens (tertiary/aromatic N) is 3. The van der Waals surface area contributed by atoms with Crippen LogP contribution < -0.4 is 11.1 Å². The minimum Gasteiger partial charge on any atom is -0.348 e. The van der Waals surface area contributed by atoms with Crippen LogP contribution in [0.15, 0.2) is 37.1 Å². The lowest BCUT2D eigenvalue weighted by molar-refractivity contribution is 0.0935. The summed E-state index contributed by atoms with van der Waals surface area (Å²) in [6.45, 7) is 2.57. The van der Waals surface area contributed by atoms with E-state index in [4.69, 9.17) is 5.73 Å². The zero-order valence-corrected chi connectivity index (χ0v) is 12.2. The first-order chi connectivity index (χ1) is 10.2. The molecule has 0 aromatic carbocycles. The number of amides is 1. The van der Waals surface area contributed by atoms with Gasteiger partial charge in [-0.15, -0.1) is 0 Å². The highest BCUT2D eigenvalue weighted by Gasteiger charge is 2.13. The summed E-state index contributed by atoms with van der Waals surface area (Å²) in [5, 5.41) is 2.97. The van der Waals surface area contributed by atoms with E-state index < -0.39 is 0 Å². The van der Waals surface area contributed by atoms with Crippen molar-refractivity contribution in [3.63, 3.8) is 0 Å². The Morgan fingerprint density at radius 2 is 2.33 bits per heavy atom. The molecule has 1 atom stereocenters. The molecule has 6 nitrogen and oxygen atoms in total. The zero-order valence-electron chi connectivity index (χ0n) is 12.2. The second kappa shape index (κ2) is 7.54. The Morgan fingerprint density at radius 3 is 3.00 bits per heavy atom. The summed E-state index contributed by atoms with van der Waals surface area (Å²) < 4.78 is 1.76. The maximum Gasteiger partial charge on any atom is 0.251 e.